The minimum absolute atomic E-state index is 0.0425. The SMILES string of the molecule is CN1CCc2c(sc3ncn(CCN4CCC(c5cccc(C(F)(F)F)c5)CC4)c(=O)c23)C1. The Bertz CT molecular complexity index is 1210. The fraction of sp³-hybridized carbons (Fsp3) is 0.500. The lowest BCUT2D eigenvalue weighted by atomic mass is 9.88. The first-order chi connectivity index (χ1) is 15.8. The van der Waals surface area contributed by atoms with Gasteiger partial charge < -0.3 is 9.80 Å². The van der Waals surface area contributed by atoms with Gasteiger partial charge in [0.15, 0.2) is 0 Å². The number of thiophene rings is 1. The second kappa shape index (κ2) is 8.85. The van der Waals surface area contributed by atoms with Gasteiger partial charge in [0.25, 0.3) is 5.56 Å². The van der Waals surface area contributed by atoms with E-state index < -0.39 is 11.7 Å². The molecule has 1 aromatic carbocycles. The van der Waals surface area contributed by atoms with Crippen LogP contribution in [-0.4, -0.2) is 52.6 Å². The third kappa shape index (κ3) is 4.58. The maximum absolute atomic E-state index is 13.2. The van der Waals surface area contributed by atoms with E-state index >= 15 is 0 Å². The van der Waals surface area contributed by atoms with Crippen LogP contribution < -0.4 is 5.56 Å². The summed E-state index contributed by atoms with van der Waals surface area (Å²) in [5, 5.41) is 0.786. The summed E-state index contributed by atoms with van der Waals surface area (Å²) in [5.74, 6) is 0.139. The van der Waals surface area contributed by atoms with Gasteiger partial charge in [-0.3, -0.25) is 9.36 Å². The summed E-state index contributed by atoms with van der Waals surface area (Å²) in [6.45, 7) is 4.75. The number of rotatable bonds is 4. The Balaban J connectivity index is 1.23. The van der Waals surface area contributed by atoms with Crippen LogP contribution in [0.3, 0.4) is 0 Å². The average molecular weight is 477 g/mol. The van der Waals surface area contributed by atoms with E-state index in [9.17, 15) is 18.0 Å². The van der Waals surface area contributed by atoms with Crippen molar-refractivity contribution < 1.29 is 13.2 Å². The van der Waals surface area contributed by atoms with Crippen molar-refractivity contribution in [2.45, 2.75) is 44.4 Å². The van der Waals surface area contributed by atoms with Crippen LogP contribution in [0, 0.1) is 0 Å². The Labute approximate surface area is 194 Å². The second-order valence-electron chi connectivity index (χ2n) is 9.15. The highest BCUT2D eigenvalue weighted by Crippen LogP contribution is 2.34. The molecule has 176 valence electrons. The van der Waals surface area contributed by atoms with Crippen LogP contribution in [0.1, 0.15) is 40.3 Å². The molecule has 2 aliphatic heterocycles. The number of fused-ring (bicyclic) bond motifs is 3. The van der Waals surface area contributed by atoms with Crippen molar-refractivity contribution in [2.24, 2.45) is 0 Å². The van der Waals surface area contributed by atoms with Gasteiger partial charge in [0.05, 0.1) is 17.3 Å². The van der Waals surface area contributed by atoms with E-state index in [1.54, 1.807) is 28.3 Å². The van der Waals surface area contributed by atoms with Crippen molar-refractivity contribution in [3.63, 3.8) is 0 Å². The fourth-order valence-electron chi connectivity index (χ4n) is 5.01. The van der Waals surface area contributed by atoms with Crippen molar-refractivity contribution in [3.8, 4) is 0 Å². The van der Waals surface area contributed by atoms with Gasteiger partial charge in [-0.05, 0) is 62.5 Å². The Kier molecular flexibility index (Phi) is 6.05. The molecule has 1 saturated heterocycles. The van der Waals surface area contributed by atoms with Crippen LogP contribution in [0.2, 0.25) is 0 Å². The highest BCUT2D eigenvalue weighted by Gasteiger charge is 2.31. The van der Waals surface area contributed by atoms with Gasteiger partial charge in [-0.15, -0.1) is 11.3 Å². The van der Waals surface area contributed by atoms with E-state index in [1.807, 2.05) is 0 Å². The smallest absolute Gasteiger partial charge is 0.302 e. The zero-order valence-corrected chi connectivity index (χ0v) is 19.4. The number of hydrogen-bond acceptors (Lipinski definition) is 5. The predicted molar refractivity (Wildman–Crippen MR) is 124 cm³/mol. The normalized spacial score (nSPS) is 18.7. The number of halogens is 3. The molecule has 1 fully saturated rings. The largest absolute Gasteiger partial charge is 0.416 e. The lowest BCUT2D eigenvalue weighted by molar-refractivity contribution is -0.137. The Morgan fingerprint density at radius 1 is 1.15 bits per heavy atom. The molecule has 9 heteroatoms. The summed E-state index contributed by atoms with van der Waals surface area (Å²) >= 11 is 1.63. The minimum atomic E-state index is -4.31. The molecule has 5 rings (SSSR count). The molecule has 0 N–H and O–H groups in total. The number of benzene rings is 1. The summed E-state index contributed by atoms with van der Waals surface area (Å²) in [7, 11) is 2.09. The molecule has 0 aliphatic carbocycles. The van der Waals surface area contributed by atoms with E-state index in [0.717, 1.165) is 73.8 Å². The standard InChI is InChI=1S/C24H27F3N4OS/c1-29-8-7-19-20(14-29)33-22-21(19)23(32)31(15-28-22)12-11-30-9-5-16(6-10-30)17-3-2-4-18(13-17)24(25,26)27/h2-4,13,15-16H,5-12,14H2,1H3. The lowest BCUT2D eigenvalue weighted by Gasteiger charge is -2.32. The lowest BCUT2D eigenvalue weighted by Crippen LogP contribution is -2.37. The molecule has 33 heavy (non-hydrogen) atoms. The zero-order chi connectivity index (χ0) is 23.2. The van der Waals surface area contributed by atoms with E-state index in [0.29, 0.717) is 6.54 Å². The van der Waals surface area contributed by atoms with Crippen molar-refractivity contribution in [1.29, 1.82) is 0 Å². The van der Waals surface area contributed by atoms with Crippen LogP contribution in [0.15, 0.2) is 35.4 Å². The Morgan fingerprint density at radius 2 is 1.94 bits per heavy atom. The third-order valence-corrected chi connectivity index (χ3v) is 8.07. The first kappa shape index (κ1) is 22.6. The molecular weight excluding hydrogens is 449 g/mol. The summed E-state index contributed by atoms with van der Waals surface area (Å²) in [6.07, 6.45) is -0.129. The van der Waals surface area contributed by atoms with Gasteiger partial charge in [0.2, 0.25) is 0 Å². The van der Waals surface area contributed by atoms with Crippen molar-refractivity contribution in [2.75, 3.05) is 33.2 Å². The van der Waals surface area contributed by atoms with Crippen LogP contribution >= 0.6 is 11.3 Å². The molecular formula is C24H27F3N4OS. The van der Waals surface area contributed by atoms with Gasteiger partial charge in [-0.25, -0.2) is 4.98 Å². The van der Waals surface area contributed by atoms with Gasteiger partial charge in [-0.2, -0.15) is 13.2 Å². The topological polar surface area (TPSA) is 41.4 Å². The van der Waals surface area contributed by atoms with Crippen molar-refractivity contribution in [1.82, 2.24) is 19.4 Å². The number of hydrogen-bond donors (Lipinski definition) is 0. The van der Waals surface area contributed by atoms with Crippen molar-refractivity contribution in [3.05, 3.63) is 62.5 Å². The summed E-state index contributed by atoms with van der Waals surface area (Å²) < 4.78 is 40.8. The second-order valence-corrected chi connectivity index (χ2v) is 10.2. The molecule has 3 aromatic rings. The van der Waals surface area contributed by atoms with Crippen LogP contribution in [0.25, 0.3) is 10.2 Å². The van der Waals surface area contributed by atoms with E-state index in [1.165, 1.54) is 22.6 Å². The number of likely N-dealkylation sites (tertiary alicyclic amines) is 1. The maximum Gasteiger partial charge on any atom is 0.416 e. The Hall–Kier alpha value is -2.23. The van der Waals surface area contributed by atoms with E-state index in [-0.39, 0.29) is 11.5 Å². The predicted octanol–water partition coefficient (Wildman–Crippen LogP) is 4.34. The molecule has 4 heterocycles. The fourth-order valence-corrected chi connectivity index (χ4v) is 6.27. The highest BCUT2D eigenvalue weighted by atomic mass is 32.1. The molecule has 0 unspecified atom stereocenters. The number of aromatic nitrogens is 2. The third-order valence-electron chi connectivity index (χ3n) is 6.95. The molecule has 0 spiro atoms. The zero-order valence-electron chi connectivity index (χ0n) is 18.6. The molecule has 0 saturated carbocycles. The molecule has 5 nitrogen and oxygen atoms in total. The first-order valence-corrected chi connectivity index (χ1v) is 12.2. The highest BCUT2D eigenvalue weighted by molar-refractivity contribution is 7.18. The average Bonchev–Trinajstić information content (AvgIpc) is 3.17. The first-order valence-electron chi connectivity index (χ1n) is 11.4. The van der Waals surface area contributed by atoms with Crippen LogP contribution in [0.4, 0.5) is 13.2 Å². The number of alkyl halides is 3. The van der Waals surface area contributed by atoms with E-state index in [4.69, 9.17) is 0 Å². The summed E-state index contributed by atoms with van der Waals surface area (Å²) in [6, 6.07) is 5.72. The van der Waals surface area contributed by atoms with Gasteiger partial charge in [0, 0.05) is 31.1 Å². The van der Waals surface area contributed by atoms with Crippen molar-refractivity contribution >= 4 is 21.6 Å². The number of likely N-dealkylation sites (N-methyl/N-ethyl adjacent to an activating group) is 1. The molecule has 0 radical (unpaired) electrons. The monoisotopic (exact) mass is 476 g/mol. The summed E-state index contributed by atoms with van der Waals surface area (Å²) in [4.78, 5) is 24.4. The molecule has 0 bridgehead atoms. The maximum atomic E-state index is 13.2. The molecule has 0 amide bonds. The van der Waals surface area contributed by atoms with Crippen LogP contribution in [0.5, 0.6) is 0 Å². The molecule has 0 atom stereocenters. The summed E-state index contributed by atoms with van der Waals surface area (Å²) in [5.41, 5.74) is 1.40. The van der Waals surface area contributed by atoms with E-state index in [2.05, 4.69) is 21.8 Å². The van der Waals surface area contributed by atoms with Gasteiger partial charge in [-0.1, -0.05) is 18.2 Å². The number of piperidine rings is 1. The number of nitrogens with zero attached hydrogens (tertiary/aromatic N) is 4. The van der Waals surface area contributed by atoms with Crippen LogP contribution in [-0.2, 0) is 25.7 Å². The van der Waals surface area contributed by atoms with Gasteiger partial charge >= 0.3 is 6.18 Å². The van der Waals surface area contributed by atoms with Gasteiger partial charge in [0.1, 0.15) is 4.83 Å². The molecule has 2 aromatic heterocycles. The Morgan fingerprint density at radius 3 is 2.70 bits per heavy atom. The quantitative estimate of drug-likeness (QED) is 0.562. The minimum Gasteiger partial charge on any atom is -0.302 e. The molecule has 2 aliphatic rings.